The molecule has 1 atom stereocenters. The number of methoxy groups -OCH3 is 1. The van der Waals surface area contributed by atoms with Crippen molar-refractivity contribution in [2.45, 2.75) is 19.0 Å². The molecule has 3 nitrogen and oxygen atoms in total. The van der Waals surface area contributed by atoms with Gasteiger partial charge >= 0.3 is 0 Å². The molecule has 0 spiro atoms. The van der Waals surface area contributed by atoms with Gasteiger partial charge in [0.2, 0.25) is 5.91 Å². The minimum absolute atomic E-state index is 0.0518. The Kier molecular flexibility index (Phi) is 3.59. The number of carbonyl (C=O) groups excluding carboxylic acids is 1. The topological polar surface area (TPSA) is 29.5 Å². The second kappa shape index (κ2) is 5.15. The van der Waals surface area contributed by atoms with Crippen molar-refractivity contribution in [1.29, 1.82) is 0 Å². The summed E-state index contributed by atoms with van der Waals surface area (Å²) in [6.45, 7) is 5.01. The van der Waals surface area contributed by atoms with Crippen molar-refractivity contribution in [3.63, 3.8) is 0 Å². The highest BCUT2D eigenvalue weighted by molar-refractivity contribution is 5.95. The van der Waals surface area contributed by atoms with Gasteiger partial charge in [-0.05, 0) is 12.0 Å². The minimum Gasteiger partial charge on any atom is -0.383 e. The second-order valence-corrected chi connectivity index (χ2v) is 4.34. The van der Waals surface area contributed by atoms with E-state index in [0.29, 0.717) is 25.1 Å². The van der Waals surface area contributed by atoms with E-state index in [0.717, 1.165) is 5.56 Å². The van der Waals surface area contributed by atoms with E-state index < -0.39 is 0 Å². The van der Waals surface area contributed by atoms with Gasteiger partial charge in [0.1, 0.15) is 0 Å². The molecule has 1 heterocycles. The predicted molar refractivity (Wildman–Crippen MR) is 66.4 cm³/mol. The number of amides is 1. The van der Waals surface area contributed by atoms with Crippen LogP contribution in [0, 0.1) is 0 Å². The van der Waals surface area contributed by atoms with Crippen molar-refractivity contribution >= 4 is 5.91 Å². The molecular formula is C14H17NO2. The first-order valence-electron chi connectivity index (χ1n) is 5.74. The quantitative estimate of drug-likeness (QED) is 0.742. The average molecular weight is 231 g/mol. The van der Waals surface area contributed by atoms with Crippen LogP contribution in [0.3, 0.4) is 0 Å². The van der Waals surface area contributed by atoms with Gasteiger partial charge in [0, 0.05) is 19.2 Å². The van der Waals surface area contributed by atoms with Crippen molar-refractivity contribution in [2.24, 2.45) is 0 Å². The Hall–Kier alpha value is -1.61. The van der Waals surface area contributed by atoms with Crippen LogP contribution < -0.4 is 0 Å². The predicted octanol–water partition coefficient (Wildman–Crippen LogP) is 1.99. The highest BCUT2D eigenvalue weighted by Crippen LogP contribution is 2.24. The molecule has 0 radical (unpaired) electrons. The third kappa shape index (κ3) is 2.56. The fraction of sp³-hybridized carbons (Fsp3) is 0.357. The van der Waals surface area contributed by atoms with Gasteiger partial charge in [-0.3, -0.25) is 4.79 Å². The molecule has 1 aliphatic rings. The Labute approximate surface area is 102 Å². The van der Waals surface area contributed by atoms with E-state index in [2.05, 4.69) is 6.58 Å². The number of hydrogen-bond acceptors (Lipinski definition) is 2. The SMILES string of the molecule is C=C1CC(COC)N(Cc2ccccc2)C1=O. The molecule has 0 bridgehead atoms. The lowest BCUT2D eigenvalue weighted by Gasteiger charge is -2.23. The van der Waals surface area contributed by atoms with Crippen LogP contribution >= 0.6 is 0 Å². The van der Waals surface area contributed by atoms with E-state index in [1.807, 2.05) is 35.2 Å². The summed E-state index contributed by atoms with van der Waals surface area (Å²) >= 11 is 0. The maximum atomic E-state index is 12.0. The van der Waals surface area contributed by atoms with Crippen LogP contribution in [0.5, 0.6) is 0 Å². The first-order valence-corrected chi connectivity index (χ1v) is 5.74. The first-order chi connectivity index (χ1) is 8.22. The molecule has 1 amide bonds. The largest absolute Gasteiger partial charge is 0.383 e. The molecule has 1 aromatic carbocycles. The molecule has 0 saturated carbocycles. The van der Waals surface area contributed by atoms with Gasteiger partial charge in [0.25, 0.3) is 0 Å². The summed E-state index contributed by atoms with van der Waals surface area (Å²) in [5.41, 5.74) is 1.82. The molecule has 3 heteroatoms. The molecule has 17 heavy (non-hydrogen) atoms. The summed E-state index contributed by atoms with van der Waals surface area (Å²) in [6.07, 6.45) is 0.708. The Bertz CT molecular complexity index is 413. The summed E-state index contributed by atoms with van der Waals surface area (Å²) in [7, 11) is 1.66. The molecule has 90 valence electrons. The highest BCUT2D eigenvalue weighted by Gasteiger charge is 2.33. The highest BCUT2D eigenvalue weighted by atomic mass is 16.5. The Morgan fingerprint density at radius 2 is 2.12 bits per heavy atom. The van der Waals surface area contributed by atoms with E-state index in [1.54, 1.807) is 7.11 Å². The smallest absolute Gasteiger partial charge is 0.249 e. The van der Waals surface area contributed by atoms with E-state index in [4.69, 9.17) is 4.74 Å². The molecule has 2 rings (SSSR count). The third-order valence-electron chi connectivity index (χ3n) is 3.04. The zero-order valence-electron chi connectivity index (χ0n) is 10.1. The van der Waals surface area contributed by atoms with Crippen LogP contribution in [0.1, 0.15) is 12.0 Å². The molecule has 0 aromatic heterocycles. The van der Waals surface area contributed by atoms with Crippen LogP contribution in [-0.2, 0) is 16.1 Å². The number of likely N-dealkylation sites (tertiary alicyclic amines) is 1. The minimum atomic E-state index is 0.0518. The lowest BCUT2D eigenvalue weighted by molar-refractivity contribution is -0.127. The van der Waals surface area contributed by atoms with Gasteiger partial charge in [-0.25, -0.2) is 0 Å². The van der Waals surface area contributed by atoms with Crippen LogP contribution in [0.4, 0.5) is 0 Å². The lowest BCUT2D eigenvalue weighted by atomic mass is 10.2. The van der Waals surface area contributed by atoms with E-state index in [1.165, 1.54) is 0 Å². The van der Waals surface area contributed by atoms with Gasteiger partial charge in [-0.1, -0.05) is 36.9 Å². The third-order valence-corrected chi connectivity index (χ3v) is 3.04. The number of ether oxygens (including phenoxy) is 1. The van der Waals surface area contributed by atoms with Crippen molar-refractivity contribution in [1.82, 2.24) is 4.90 Å². The summed E-state index contributed by atoms with van der Waals surface area (Å²) in [6, 6.07) is 10.1. The molecular weight excluding hydrogens is 214 g/mol. The Morgan fingerprint density at radius 1 is 1.41 bits per heavy atom. The number of hydrogen-bond donors (Lipinski definition) is 0. The van der Waals surface area contributed by atoms with Crippen molar-refractivity contribution in [3.05, 3.63) is 48.0 Å². The Morgan fingerprint density at radius 3 is 2.76 bits per heavy atom. The zero-order chi connectivity index (χ0) is 12.3. The van der Waals surface area contributed by atoms with Crippen molar-refractivity contribution < 1.29 is 9.53 Å². The maximum Gasteiger partial charge on any atom is 0.249 e. The van der Waals surface area contributed by atoms with Gasteiger partial charge in [0.05, 0.1) is 12.6 Å². The number of nitrogens with zero attached hydrogens (tertiary/aromatic N) is 1. The first kappa shape index (κ1) is 11.9. The maximum absolute atomic E-state index is 12.0. The van der Waals surface area contributed by atoms with E-state index in [-0.39, 0.29) is 11.9 Å². The molecule has 1 unspecified atom stereocenters. The molecule has 1 aromatic rings. The molecule has 0 aliphatic carbocycles. The summed E-state index contributed by atoms with van der Waals surface area (Å²) in [5, 5.41) is 0. The van der Waals surface area contributed by atoms with Gasteiger partial charge < -0.3 is 9.64 Å². The number of benzene rings is 1. The van der Waals surface area contributed by atoms with E-state index in [9.17, 15) is 4.79 Å². The molecule has 1 aliphatic heterocycles. The summed E-state index contributed by atoms with van der Waals surface area (Å²) < 4.78 is 5.16. The summed E-state index contributed by atoms with van der Waals surface area (Å²) in [4.78, 5) is 13.8. The van der Waals surface area contributed by atoms with Gasteiger partial charge in [-0.15, -0.1) is 0 Å². The zero-order valence-corrected chi connectivity index (χ0v) is 10.1. The summed E-state index contributed by atoms with van der Waals surface area (Å²) in [5.74, 6) is 0.0518. The lowest BCUT2D eigenvalue weighted by Crippen LogP contribution is -2.35. The van der Waals surface area contributed by atoms with Crippen LogP contribution in [-0.4, -0.2) is 30.6 Å². The second-order valence-electron chi connectivity index (χ2n) is 4.34. The van der Waals surface area contributed by atoms with E-state index >= 15 is 0 Å². The Balaban J connectivity index is 2.12. The molecule has 1 saturated heterocycles. The molecule has 0 N–H and O–H groups in total. The fourth-order valence-electron chi connectivity index (χ4n) is 2.17. The van der Waals surface area contributed by atoms with Gasteiger partial charge in [0.15, 0.2) is 0 Å². The van der Waals surface area contributed by atoms with Gasteiger partial charge in [-0.2, -0.15) is 0 Å². The number of rotatable bonds is 4. The van der Waals surface area contributed by atoms with Crippen LogP contribution in [0.2, 0.25) is 0 Å². The standard InChI is InChI=1S/C14H17NO2/c1-11-8-13(10-17-2)15(14(11)16)9-12-6-4-3-5-7-12/h3-7,13H,1,8-10H2,2H3. The van der Waals surface area contributed by atoms with Crippen molar-refractivity contribution in [2.75, 3.05) is 13.7 Å². The average Bonchev–Trinajstić information content (AvgIpc) is 2.59. The fourth-order valence-corrected chi connectivity index (χ4v) is 2.17. The van der Waals surface area contributed by atoms with Crippen LogP contribution in [0.25, 0.3) is 0 Å². The number of carbonyl (C=O) groups is 1. The monoisotopic (exact) mass is 231 g/mol. The molecule has 1 fully saturated rings. The van der Waals surface area contributed by atoms with Crippen molar-refractivity contribution in [3.8, 4) is 0 Å². The van der Waals surface area contributed by atoms with Crippen LogP contribution in [0.15, 0.2) is 42.5 Å². The normalized spacial score (nSPS) is 20.1.